The number of benzene rings is 1. The third kappa shape index (κ3) is 4.11. The average molecular weight is 393 g/mol. The Labute approximate surface area is 171 Å². The fourth-order valence-electron chi connectivity index (χ4n) is 4.53. The number of methoxy groups -OCH3 is 1. The van der Waals surface area contributed by atoms with E-state index in [2.05, 4.69) is 4.98 Å². The number of pyridine rings is 1. The zero-order chi connectivity index (χ0) is 20.3. The van der Waals surface area contributed by atoms with Crippen molar-refractivity contribution in [1.29, 1.82) is 0 Å². The molecule has 2 aliphatic rings. The highest BCUT2D eigenvalue weighted by Gasteiger charge is 2.49. The normalized spacial score (nSPS) is 21.6. The molecule has 2 saturated heterocycles. The van der Waals surface area contributed by atoms with E-state index in [4.69, 9.17) is 4.74 Å². The van der Waals surface area contributed by atoms with Crippen LogP contribution in [0, 0.1) is 5.41 Å². The summed E-state index contributed by atoms with van der Waals surface area (Å²) in [6.07, 6.45) is 4.56. The summed E-state index contributed by atoms with van der Waals surface area (Å²) in [5, 5.41) is 0. The molecule has 2 aromatic rings. The van der Waals surface area contributed by atoms with Gasteiger partial charge in [0.05, 0.1) is 18.9 Å². The largest absolute Gasteiger partial charge is 0.497 e. The van der Waals surface area contributed by atoms with Gasteiger partial charge in [0.25, 0.3) is 0 Å². The van der Waals surface area contributed by atoms with E-state index in [1.807, 2.05) is 52.3 Å². The van der Waals surface area contributed by atoms with Gasteiger partial charge < -0.3 is 14.5 Å². The minimum Gasteiger partial charge on any atom is -0.497 e. The van der Waals surface area contributed by atoms with Crippen LogP contribution in [0.25, 0.3) is 0 Å². The lowest BCUT2D eigenvalue weighted by Gasteiger charge is -2.39. The fourth-order valence-corrected chi connectivity index (χ4v) is 4.53. The molecule has 1 spiro atoms. The maximum atomic E-state index is 13.4. The predicted molar refractivity (Wildman–Crippen MR) is 109 cm³/mol. The molecule has 0 N–H and O–H groups in total. The van der Waals surface area contributed by atoms with E-state index in [0.29, 0.717) is 26.1 Å². The lowest BCUT2D eigenvalue weighted by atomic mass is 9.78. The number of rotatable bonds is 5. The van der Waals surface area contributed by atoms with Gasteiger partial charge in [0.15, 0.2) is 0 Å². The third-order valence-corrected chi connectivity index (χ3v) is 6.10. The van der Waals surface area contributed by atoms with E-state index in [0.717, 1.165) is 42.8 Å². The molecule has 6 nitrogen and oxygen atoms in total. The molecule has 2 amide bonds. The molecule has 2 fully saturated rings. The fraction of sp³-hybridized carbons (Fsp3) is 0.435. The number of hydrogen-bond donors (Lipinski definition) is 0. The van der Waals surface area contributed by atoms with Crippen molar-refractivity contribution in [2.24, 2.45) is 5.41 Å². The Balaban J connectivity index is 1.42. The standard InChI is InChI=1S/C23H27N3O3/c1-29-20-8-4-6-18(14-20)16-25-12-5-9-23(22(25)28)10-13-26(17-23)21(27)15-19-7-2-3-11-24-19/h2-4,6-8,11,14H,5,9-10,12-13,15-17H2,1H3. The van der Waals surface area contributed by atoms with Crippen LogP contribution in [0.3, 0.4) is 0 Å². The molecule has 1 aromatic carbocycles. The molecule has 152 valence electrons. The molecule has 2 aliphatic heterocycles. The highest BCUT2D eigenvalue weighted by molar-refractivity contribution is 5.86. The van der Waals surface area contributed by atoms with Crippen LogP contribution in [0.1, 0.15) is 30.5 Å². The monoisotopic (exact) mass is 393 g/mol. The molecule has 6 heteroatoms. The Morgan fingerprint density at radius 1 is 1.17 bits per heavy atom. The molecule has 1 atom stereocenters. The van der Waals surface area contributed by atoms with Crippen LogP contribution in [0.2, 0.25) is 0 Å². The zero-order valence-electron chi connectivity index (χ0n) is 16.8. The van der Waals surface area contributed by atoms with E-state index in [1.54, 1.807) is 13.3 Å². The van der Waals surface area contributed by atoms with Crippen molar-refractivity contribution < 1.29 is 14.3 Å². The van der Waals surface area contributed by atoms with Crippen LogP contribution in [-0.2, 0) is 22.6 Å². The summed E-state index contributed by atoms with van der Waals surface area (Å²) in [5.74, 6) is 1.03. The van der Waals surface area contributed by atoms with Crippen LogP contribution in [0.4, 0.5) is 0 Å². The number of amides is 2. The number of piperidine rings is 1. The number of hydrogen-bond acceptors (Lipinski definition) is 4. The first-order chi connectivity index (χ1) is 14.1. The highest BCUT2D eigenvalue weighted by Crippen LogP contribution is 2.40. The van der Waals surface area contributed by atoms with Gasteiger partial charge in [-0.2, -0.15) is 0 Å². The lowest BCUT2D eigenvalue weighted by Crippen LogP contribution is -2.50. The number of carbonyl (C=O) groups is 2. The molecule has 4 rings (SSSR count). The summed E-state index contributed by atoms with van der Waals surface area (Å²) in [6, 6.07) is 13.5. The van der Waals surface area contributed by atoms with Crippen molar-refractivity contribution in [1.82, 2.24) is 14.8 Å². The van der Waals surface area contributed by atoms with Gasteiger partial charge in [-0.1, -0.05) is 18.2 Å². The van der Waals surface area contributed by atoms with Gasteiger partial charge in [-0.05, 0) is 49.1 Å². The minimum atomic E-state index is -0.434. The quantitative estimate of drug-likeness (QED) is 0.784. The summed E-state index contributed by atoms with van der Waals surface area (Å²) in [7, 11) is 1.65. The summed E-state index contributed by atoms with van der Waals surface area (Å²) >= 11 is 0. The van der Waals surface area contributed by atoms with Gasteiger partial charge >= 0.3 is 0 Å². The molecule has 0 radical (unpaired) electrons. The molecule has 0 aliphatic carbocycles. The van der Waals surface area contributed by atoms with Gasteiger partial charge in [-0.3, -0.25) is 14.6 Å². The molecule has 29 heavy (non-hydrogen) atoms. The Morgan fingerprint density at radius 2 is 2.07 bits per heavy atom. The summed E-state index contributed by atoms with van der Waals surface area (Å²) < 4.78 is 5.30. The van der Waals surface area contributed by atoms with Crippen LogP contribution < -0.4 is 4.74 Å². The molecular weight excluding hydrogens is 366 g/mol. The van der Waals surface area contributed by atoms with Gasteiger partial charge in [-0.15, -0.1) is 0 Å². The van der Waals surface area contributed by atoms with Gasteiger partial charge in [-0.25, -0.2) is 0 Å². The second-order valence-electron chi connectivity index (χ2n) is 8.03. The number of carbonyl (C=O) groups excluding carboxylic acids is 2. The molecule has 1 unspecified atom stereocenters. The van der Waals surface area contributed by atoms with Crippen LogP contribution in [0.15, 0.2) is 48.7 Å². The van der Waals surface area contributed by atoms with E-state index in [-0.39, 0.29) is 11.8 Å². The number of likely N-dealkylation sites (tertiary alicyclic amines) is 2. The third-order valence-electron chi connectivity index (χ3n) is 6.10. The highest BCUT2D eigenvalue weighted by atomic mass is 16.5. The van der Waals surface area contributed by atoms with Gasteiger partial charge in [0, 0.05) is 38.1 Å². The van der Waals surface area contributed by atoms with Crippen LogP contribution in [0.5, 0.6) is 5.75 Å². The van der Waals surface area contributed by atoms with Crippen molar-refractivity contribution >= 4 is 11.8 Å². The van der Waals surface area contributed by atoms with Gasteiger partial charge in [0.2, 0.25) is 11.8 Å². The second-order valence-corrected chi connectivity index (χ2v) is 8.03. The topological polar surface area (TPSA) is 62.7 Å². The first-order valence-corrected chi connectivity index (χ1v) is 10.2. The zero-order valence-corrected chi connectivity index (χ0v) is 16.8. The molecule has 3 heterocycles. The Bertz CT molecular complexity index is 886. The first kappa shape index (κ1) is 19.4. The summed E-state index contributed by atoms with van der Waals surface area (Å²) in [6.45, 7) is 2.51. The van der Waals surface area contributed by atoms with E-state index in [9.17, 15) is 9.59 Å². The Kier molecular flexibility index (Phi) is 5.51. The summed E-state index contributed by atoms with van der Waals surface area (Å²) in [5.41, 5.74) is 1.40. The van der Waals surface area contributed by atoms with E-state index >= 15 is 0 Å². The average Bonchev–Trinajstić information content (AvgIpc) is 3.18. The van der Waals surface area contributed by atoms with Crippen molar-refractivity contribution in [3.05, 3.63) is 59.9 Å². The van der Waals surface area contributed by atoms with Crippen molar-refractivity contribution in [2.75, 3.05) is 26.7 Å². The lowest BCUT2D eigenvalue weighted by molar-refractivity contribution is -0.146. The van der Waals surface area contributed by atoms with E-state index < -0.39 is 5.41 Å². The molecule has 0 saturated carbocycles. The Hall–Kier alpha value is -2.89. The molecular formula is C23H27N3O3. The van der Waals surface area contributed by atoms with Crippen molar-refractivity contribution in [3.8, 4) is 5.75 Å². The van der Waals surface area contributed by atoms with E-state index in [1.165, 1.54) is 0 Å². The number of nitrogens with zero attached hydrogens (tertiary/aromatic N) is 3. The van der Waals surface area contributed by atoms with Gasteiger partial charge in [0.1, 0.15) is 5.75 Å². The number of ether oxygens (including phenoxy) is 1. The smallest absolute Gasteiger partial charge is 0.230 e. The maximum absolute atomic E-state index is 13.4. The maximum Gasteiger partial charge on any atom is 0.230 e. The second kappa shape index (κ2) is 8.23. The molecule has 0 bridgehead atoms. The summed E-state index contributed by atoms with van der Waals surface area (Å²) in [4.78, 5) is 34.2. The molecule has 1 aromatic heterocycles. The SMILES string of the molecule is COc1cccc(CN2CCCC3(CCN(C(=O)Cc4ccccn4)C3)C2=O)c1. The van der Waals surface area contributed by atoms with Crippen molar-refractivity contribution in [3.63, 3.8) is 0 Å². The first-order valence-electron chi connectivity index (χ1n) is 10.2. The Morgan fingerprint density at radius 3 is 2.86 bits per heavy atom. The van der Waals surface area contributed by atoms with Crippen LogP contribution >= 0.6 is 0 Å². The predicted octanol–water partition coefficient (Wildman–Crippen LogP) is 2.67. The van der Waals surface area contributed by atoms with Crippen LogP contribution in [-0.4, -0.2) is 53.3 Å². The minimum absolute atomic E-state index is 0.0540. The van der Waals surface area contributed by atoms with Crippen molar-refractivity contribution in [2.45, 2.75) is 32.2 Å². The number of aromatic nitrogens is 1.